The molecule has 5 atom stereocenters. The molecule has 7 rings (SSSR count). The standard InChI is InChI=1S/C40H55FN8O8S/c1-39(2,3)57-38(53)43-30-12-8-6-4-5-7-11-25-23-40(25,36(52)47-58(54,55)29-17-18-29)46-34(50)31-21-28(24-49(31)35(30)51)56-33-22-32(48-19-9-10-20-48)44-37(45-33)42-27-15-13-26(41)14-16-27/h13-16,22,25,28-31H,4-12,17-21,23-24H2,1-3H3,(H,43,53)(H,46,50)(H,47,52)(H,42,44,45)/t25-,28+,30-,31-,40+/m0/s1. The van der Waals surface area contributed by atoms with Crippen LogP contribution in [0.2, 0.25) is 0 Å². The molecule has 5 aliphatic rings. The first kappa shape index (κ1) is 41.4. The number of anilines is 3. The van der Waals surface area contributed by atoms with Crippen molar-refractivity contribution in [2.24, 2.45) is 5.92 Å². The first-order chi connectivity index (χ1) is 27.6. The summed E-state index contributed by atoms with van der Waals surface area (Å²) < 4.78 is 53.7. The van der Waals surface area contributed by atoms with Gasteiger partial charge >= 0.3 is 6.09 Å². The number of hydrogen-bond donors (Lipinski definition) is 4. The Kier molecular flexibility index (Phi) is 12.0. The predicted octanol–water partition coefficient (Wildman–Crippen LogP) is 4.43. The van der Waals surface area contributed by atoms with E-state index in [-0.39, 0.29) is 42.9 Å². The van der Waals surface area contributed by atoms with Gasteiger partial charge in [0, 0.05) is 31.3 Å². The van der Waals surface area contributed by atoms with Gasteiger partial charge in [0.15, 0.2) is 0 Å². The van der Waals surface area contributed by atoms with Gasteiger partial charge in [-0.05, 0) is 95.9 Å². The van der Waals surface area contributed by atoms with E-state index >= 15 is 0 Å². The summed E-state index contributed by atoms with van der Waals surface area (Å²) in [5, 5.41) is 8.16. The van der Waals surface area contributed by atoms with Gasteiger partial charge in [-0.25, -0.2) is 17.6 Å². The number of halogens is 1. The molecule has 16 nitrogen and oxygen atoms in total. The van der Waals surface area contributed by atoms with Gasteiger partial charge < -0.3 is 35.2 Å². The zero-order valence-corrected chi connectivity index (χ0v) is 34.2. The summed E-state index contributed by atoms with van der Waals surface area (Å²) in [5.74, 6) is -1.53. The third-order valence-electron chi connectivity index (χ3n) is 11.4. The molecule has 3 saturated heterocycles. The molecule has 4 N–H and O–H groups in total. The number of fused-ring (bicyclic) bond motifs is 2. The van der Waals surface area contributed by atoms with E-state index in [0.717, 1.165) is 51.6 Å². The number of carbonyl (C=O) groups is 4. The van der Waals surface area contributed by atoms with E-state index in [0.29, 0.717) is 43.6 Å². The molecule has 4 heterocycles. The van der Waals surface area contributed by atoms with Gasteiger partial charge in [-0.3, -0.25) is 19.1 Å². The molecule has 1 aromatic heterocycles. The number of sulfonamides is 1. The summed E-state index contributed by atoms with van der Waals surface area (Å²) in [6.07, 6.45) is 6.57. The molecule has 0 unspecified atom stereocenters. The number of carbonyl (C=O) groups excluding carboxylic acids is 4. The van der Waals surface area contributed by atoms with Gasteiger partial charge in [0.2, 0.25) is 33.7 Å². The zero-order chi connectivity index (χ0) is 41.2. The summed E-state index contributed by atoms with van der Waals surface area (Å²) in [4.78, 5) is 68.7. The monoisotopic (exact) mass is 826 g/mol. The molecule has 5 fully saturated rings. The number of hydrogen-bond acceptors (Lipinski definition) is 12. The highest BCUT2D eigenvalue weighted by Gasteiger charge is 2.62. The SMILES string of the molecule is CC(C)(C)OC(=O)N[C@H]1CCCCCCC[C@H]2C[C@@]2(C(=O)NS(=O)(=O)C2CC2)NC(=O)[C@@H]2C[C@@H](Oc3cc(N4CCCC4)nc(Nc4ccc(F)cc4)n3)CN2C1=O. The Morgan fingerprint density at radius 3 is 2.33 bits per heavy atom. The minimum Gasteiger partial charge on any atom is -0.472 e. The van der Waals surface area contributed by atoms with Gasteiger partial charge in [-0.1, -0.05) is 32.1 Å². The highest BCUT2D eigenvalue weighted by atomic mass is 32.2. The van der Waals surface area contributed by atoms with Crippen molar-refractivity contribution in [3.05, 3.63) is 36.1 Å². The van der Waals surface area contributed by atoms with E-state index in [1.165, 1.54) is 17.0 Å². The van der Waals surface area contributed by atoms with Crippen molar-refractivity contribution in [2.45, 2.75) is 139 Å². The third kappa shape index (κ3) is 10.1. The number of rotatable bonds is 9. The largest absolute Gasteiger partial charge is 0.472 e. The van der Waals surface area contributed by atoms with E-state index in [1.807, 2.05) is 0 Å². The Balaban J connectivity index is 1.18. The summed E-state index contributed by atoms with van der Waals surface area (Å²) in [7, 11) is -3.89. The number of amides is 4. The van der Waals surface area contributed by atoms with Crippen LogP contribution in [0.25, 0.3) is 0 Å². The van der Waals surface area contributed by atoms with Crippen molar-refractivity contribution in [2.75, 3.05) is 29.9 Å². The highest BCUT2D eigenvalue weighted by Crippen LogP contribution is 2.48. The molecule has 1 aromatic carbocycles. The van der Waals surface area contributed by atoms with Gasteiger partial charge in [0.05, 0.1) is 11.8 Å². The zero-order valence-electron chi connectivity index (χ0n) is 33.4. The fourth-order valence-corrected chi connectivity index (χ4v) is 9.54. The minimum absolute atomic E-state index is 0.0171. The average Bonchev–Trinajstić information content (AvgIpc) is 4.02. The summed E-state index contributed by atoms with van der Waals surface area (Å²) in [6.45, 7) is 6.69. The van der Waals surface area contributed by atoms with Gasteiger partial charge in [0.1, 0.15) is 41.0 Å². The second kappa shape index (κ2) is 16.9. The number of ether oxygens (including phenoxy) is 2. The van der Waals surface area contributed by atoms with Gasteiger partial charge in [-0.2, -0.15) is 9.97 Å². The topological polar surface area (TPSA) is 201 Å². The summed E-state index contributed by atoms with van der Waals surface area (Å²) in [5.41, 5.74) is -1.70. The van der Waals surface area contributed by atoms with Gasteiger partial charge in [-0.15, -0.1) is 0 Å². The maximum absolute atomic E-state index is 14.6. The molecule has 0 radical (unpaired) electrons. The van der Waals surface area contributed by atoms with Crippen molar-refractivity contribution >= 4 is 51.3 Å². The lowest BCUT2D eigenvalue weighted by atomic mass is 10.0. The fourth-order valence-electron chi connectivity index (χ4n) is 8.17. The van der Waals surface area contributed by atoms with E-state index in [2.05, 4.69) is 30.6 Å². The molecule has 3 aliphatic heterocycles. The van der Waals surface area contributed by atoms with Crippen LogP contribution in [0.1, 0.15) is 104 Å². The smallest absolute Gasteiger partial charge is 0.408 e. The van der Waals surface area contributed by atoms with Crippen LogP contribution in [0, 0.1) is 11.7 Å². The van der Waals surface area contributed by atoms with Crippen molar-refractivity contribution in [1.29, 1.82) is 0 Å². The van der Waals surface area contributed by atoms with Crippen LogP contribution in [0.5, 0.6) is 5.88 Å². The van der Waals surface area contributed by atoms with Crippen molar-refractivity contribution in [1.82, 2.24) is 30.2 Å². The van der Waals surface area contributed by atoms with E-state index in [4.69, 9.17) is 14.5 Å². The maximum atomic E-state index is 14.6. The van der Waals surface area contributed by atoms with Crippen molar-refractivity contribution < 1.29 is 41.5 Å². The molecule has 2 aliphatic carbocycles. The fraction of sp³-hybridized carbons (Fsp3) is 0.650. The van der Waals surface area contributed by atoms with Crippen LogP contribution in [0.15, 0.2) is 30.3 Å². The van der Waals surface area contributed by atoms with E-state index in [1.54, 1.807) is 39.0 Å². The van der Waals surface area contributed by atoms with Crippen LogP contribution in [0.4, 0.5) is 26.6 Å². The molecule has 0 bridgehead atoms. The molecular formula is C40H55FN8O8S. The lowest BCUT2D eigenvalue weighted by Crippen LogP contribution is -2.58. The number of nitrogens with zero attached hydrogens (tertiary/aromatic N) is 4. The number of aromatic nitrogens is 2. The third-order valence-corrected chi connectivity index (χ3v) is 13.3. The minimum atomic E-state index is -3.89. The highest BCUT2D eigenvalue weighted by molar-refractivity contribution is 7.91. The van der Waals surface area contributed by atoms with Crippen LogP contribution >= 0.6 is 0 Å². The molecular weight excluding hydrogens is 772 g/mol. The molecule has 316 valence electrons. The molecule has 2 saturated carbocycles. The average molecular weight is 827 g/mol. The molecule has 2 aromatic rings. The van der Waals surface area contributed by atoms with Crippen LogP contribution < -0.4 is 30.3 Å². The second-order valence-electron chi connectivity index (χ2n) is 17.3. The predicted molar refractivity (Wildman–Crippen MR) is 212 cm³/mol. The lowest BCUT2D eigenvalue weighted by Gasteiger charge is -2.30. The molecule has 4 amide bonds. The van der Waals surface area contributed by atoms with Crippen LogP contribution in [0.3, 0.4) is 0 Å². The normalized spacial score (nSPS) is 27.0. The van der Waals surface area contributed by atoms with Gasteiger partial charge in [0.25, 0.3) is 5.91 Å². The first-order valence-electron chi connectivity index (χ1n) is 20.6. The van der Waals surface area contributed by atoms with Crippen LogP contribution in [-0.2, 0) is 29.1 Å². The molecule has 18 heteroatoms. The quantitative estimate of drug-likeness (QED) is 0.278. The Labute approximate surface area is 338 Å². The maximum Gasteiger partial charge on any atom is 0.408 e. The number of benzene rings is 1. The number of alkyl carbamates (subject to hydrolysis) is 1. The van der Waals surface area contributed by atoms with Crippen molar-refractivity contribution in [3.8, 4) is 5.88 Å². The first-order valence-corrected chi connectivity index (χ1v) is 22.1. The summed E-state index contributed by atoms with van der Waals surface area (Å²) >= 11 is 0. The Hall–Kier alpha value is -4.74. The Morgan fingerprint density at radius 1 is 0.948 bits per heavy atom. The molecule has 0 spiro atoms. The lowest BCUT2D eigenvalue weighted by molar-refractivity contribution is -0.141. The Morgan fingerprint density at radius 2 is 1.64 bits per heavy atom. The second-order valence-corrected chi connectivity index (χ2v) is 19.2. The molecule has 58 heavy (non-hydrogen) atoms. The van der Waals surface area contributed by atoms with Crippen LogP contribution in [-0.4, -0.2) is 101 Å². The van der Waals surface area contributed by atoms with E-state index < -0.39 is 68.4 Å². The Bertz CT molecular complexity index is 1970. The van der Waals surface area contributed by atoms with Crippen molar-refractivity contribution in [3.63, 3.8) is 0 Å². The number of nitrogens with one attached hydrogen (secondary N) is 4. The van der Waals surface area contributed by atoms with E-state index in [9.17, 15) is 32.0 Å². The summed E-state index contributed by atoms with van der Waals surface area (Å²) in [6, 6.07) is 5.33.